The van der Waals surface area contributed by atoms with Crippen molar-refractivity contribution in [1.29, 1.82) is 0 Å². The molecule has 1 saturated heterocycles. The van der Waals surface area contributed by atoms with Crippen molar-refractivity contribution in [3.05, 3.63) is 95.2 Å². The minimum absolute atomic E-state index is 0.0462. The lowest BCUT2D eigenvalue weighted by atomic mass is 9.99. The first-order valence-electron chi connectivity index (χ1n) is 10.6. The quantitative estimate of drug-likeness (QED) is 0.309. The van der Waals surface area contributed by atoms with Crippen molar-refractivity contribution >= 4 is 17.4 Å². The van der Waals surface area contributed by atoms with Crippen molar-refractivity contribution in [2.45, 2.75) is 26.4 Å². The Kier molecular flexibility index (Phi) is 6.31. The van der Waals surface area contributed by atoms with E-state index in [9.17, 15) is 19.1 Å². The van der Waals surface area contributed by atoms with Crippen molar-refractivity contribution in [1.82, 2.24) is 4.90 Å². The summed E-state index contributed by atoms with van der Waals surface area (Å²) in [5.41, 5.74) is 0.921. The fourth-order valence-corrected chi connectivity index (χ4v) is 3.72. The summed E-state index contributed by atoms with van der Waals surface area (Å²) in [6, 6.07) is 14.8. The van der Waals surface area contributed by atoms with Gasteiger partial charge in [-0.15, -0.1) is 0 Å². The van der Waals surface area contributed by atoms with Gasteiger partial charge in [0.25, 0.3) is 11.7 Å². The monoisotopic (exact) mass is 449 g/mol. The predicted octanol–water partition coefficient (Wildman–Crippen LogP) is 5.08. The number of likely N-dealkylation sites (tertiary alicyclic amines) is 1. The third-order valence-corrected chi connectivity index (χ3v) is 5.31. The Balaban J connectivity index is 1.75. The van der Waals surface area contributed by atoms with Crippen LogP contribution in [-0.2, 0) is 16.1 Å². The number of benzene rings is 2. The van der Waals surface area contributed by atoms with Crippen LogP contribution in [0.4, 0.5) is 4.39 Å². The molecule has 1 N–H and O–H groups in total. The van der Waals surface area contributed by atoms with Crippen molar-refractivity contribution in [2.24, 2.45) is 5.92 Å². The van der Waals surface area contributed by atoms with Crippen molar-refractivity contribution in [3.8, 4) is 5.75 Å². The summed E-state index contributed by atoms with van der Waals surface area (Å²) >= 11 is 0. The average Bonchev–Trinajstić information content (AvgIpc) is 3.42. The van der Waals surface area contributed by atoms with Crippen LogP contribution in [0.3, 0.4) is 0 Å². The van der Waals surface area contributed by atoms with E-state index in [-0.39, 0.29) is 17.9 Å². The summed E-state index contributed by atoms with van der Waals surface area (Å²) in [6.07, 6.45) is 1.44. The molecule has 4 rings (SSSR count). The number of amides is 1. The Morgan fingerprint density at radius 3 is 2.55 bits per heavy atom. The van der Waals surface area contributed by atoms with E-state index in [2.05, 4.69) is 0 Å². The Hall–Kier alpha value is -3.87. The molecule has 2 heterocycles. The minimum atomic E-state index is -0.926. The van der Waals surface area contributed by atoms with Crippen LogP contribution >= 0.6 is 0 Å². The van der Waals surface area contributed by atoms with E-state index >= 15 is 0 Å². The lowest BCUT2D eigenvalue weighted by molar-refractivity contribution is -0.140. The summed E-state index contributed by atoms with van der Waals surface area (Å²) in [7, 11) is 0. The number of nitrogens with zero attached hydrogens (tertiary/aromatic N) is 1. The van der Waals surface area contributed by atoms with Crippen LogP contribution in [0, 0.1) is 11.7 Å². The van der Waals surface area contributed by atoms with Crippen LogP contribution in [0.5, 0.6) is 5.75 Å². The number of ether oxygens (including phenoxy) is 1. The Labute approximate surface area is 190 Å². The van der Waals surface area contributed by atoms with E-state index in [0.717, 1.165) is 0 Å². The Bertz CT molecular complexity index is 1180. The number of aliphatic hydroxyl groups excluding tert-OH is 1. The molecule has 170 valence electrons. The number of hydrogen-bond acceptors (Lipinski definition) is 5. The lowest BCUT2D eigenvalue weighted by Gasteiger charge is -2.23. The van der Waals surface area contributed by atoms with Crippen molar-refractivity contribution in [2.75, 3.05) is 6.61 Å². The molecule has 0 aliphatic carbocycles. The van der Waals surface area contributed by atoms with E-state index in [0.29, 0.717) is 35.2 Å². The zero-order chi connectivity index (χ0) is 23.5. The first kappa shape index (κ1) is 22.3. The smallest absolute Gasteiger partial charge is 0.296 e. The number of carbonyl (C=O) groups is 2. The van der Waals surface area contributed by atoms with Gasteiger partial charge in [0.15, 0.2) is 0 Å². The van der Waals surface area contributed by atoms with Gasteiger partial charge in [-0.05, 0) is 47.9 Å². The number of furan rings is 1. The van der Waals surface area contributed by atoms with Crippen molar-refractivity contribution < 1.29 is 28.2 Å². The molecule has 1 aliphatic rings. The molecule has 1 aromatic heterocycles. The Morgan fingerprint density at radius 1 is 1.12 bits per heavy atom. The molecule has 2 aromatic carbocycles. The number of hydrogen-bond donors (Lipinski definition) is 1. The highest BCUT2D eigenvalue weighted by Crippen LogP contribution is 2.40. The maximum Gasteiger partial charge on any atom is 0.296 e. The second-order valence-corrected chi connectivity index (χ2v) is 8.30. The minimum Gasteiger partial charge on any atom is -0.507 e. The molecule has 0 radical (unpaired) electrons. The number of rotatable bonds is 7. The first-order valence-corrected chi connectivity index (χ1v) is 10.6. The Morgan fingerprint density at radius 2 is 1.88 bits per heavy atom. The van der Waals surface area contributed by atoms with E-state index in [1.807, 2.05) is 13.8 Å². The van der Waals surface area contributed by atoms with Crippen LogP contribution in [0.15, 0.2) is 76.9 Å². The van der Waals surface area contributed by atoms with Gasteiger partial charge in [0.05, 0.1) is 18.4 Å². The fraction of sp³-hybridized carbons (Fsp3) is 0.231. The third-order valence-electron chi connectivity index (χ3n) is 5.31. The summed E-state index contributed by atoms with van der Waals surface area (Å²) in [5, 5.41) is 11.1. The van der Waals surface area contributed by atoms with Gasteiger partial charge in [-0.1, -0.05) is 38.1 Å². The molecule has 3 aromatic rings. The van der Waals surface area contributed by atoms with Gasteiger partial charge in [0, 0.05) is 12.1 Å². The molecule has 33 heavy (non-hydrogen) atoms. The molecule has 1 amide bonds. The third kappa shape index (κ3) is 4.67. The maximum atomic E-state index is 13.3. The van der Waals surface area contributed by atoms with E-state index in [1.54, 1.807) is 48.5 Å². The molecule has 0 saturated carbocycles. The summed E-state index contributed by atoms with van der Waals surface area (Å²) in [6.45, 7) is 4.59. The molecular formula is C26H24FNO5. The first-order chi connectivity index (χ1) is 15.8. The van der Waals surface area contributed by atoms with E-state index in [4.69, 9.17) is 9.15 Å². The number of Topliss-reactive ketones (excluding diaryl/α,β-unsaturated/α-hetero) is 1. The highest BCUT2D eigenvalue weighted by molar-refractivity contribution is 6.46. The van der Waals surface area contributed by atoms with Crippen molar-refractivity contribution in [3.63, 3.8) is 0 Å². The zero-order valence-electron chi connectivity index (χ0n) is 18.3. The lowest BCUT2D eigenvalue weighted by Crippen LogP contribution is -2.29. The molecule has 1 atom stereocenters. The van der Waals surface area contributed by atoms with Gasteiger partial charge < -0.3 is 19.2 Å². The molecule has 0 spiro atoms. The predicted molar refractivity (Wildman–Crippen MR) is 120 cm³/mol. The van der Waals surface area contributed by atoms with Gasteiger partial charge in [0.2, 0.25) is 0 Å². The van der Waals surface area contributed by atoms with Gasteiger partial charge in [-0.3, -0.25) is 9.59 Å². The molecule has 6 nitrogen and oxygen atoms in total. The van der Waals surface area contributed by atoms with Gasteiger partial charge in [-0.25, -0.2) is 4.39 Å². The SMILES string of the molecule is CC(C)COc1cccc(/C(O)=C2/C(=O)C(=O)N(Cc3ccc(F)cc3)C2c2ccco2)c1. The largest absolute Gasteiger partial charge is 0.507 e. The second-order valence-electron chi connectivity index (χ2n) is 8.30. The van der Waals surface area contributed by atoms with Crippen LogP contribution < -0.4 is 4.74 Å². The maximum absolute atomic E-state index is 13.3. The number of carbonyl (C=O) groups excluding carboxylic acids is 2. The standard InChI is InChI=1S/C26H24FNO5/c1-16(2)15-33-20-6-3-5-18(13-20)24(29)22-23(21-7-4-12-32-21)28(26(31)25(22)30)14-17-8-10-19(27)11-9-17/h3-13,16,23,29H,14-15H2,1-2H3/b24-22-. The fourth-order valence-electron chi connectivity index (χ4n) is 3.72. The van der Waals surface area contributed by atoms with Gasteiger partial charge in [-0.2, -0.15) is 0 Å². The van der Waals surface area contributed by atoms with Gasteiger partial charge in [0.1, 0.15) is 29.1 Å². The van der Waals surface area contributed by atoms with E-state index < -0.39 is 23.5 Å². The highest BCUT2D eigenvalue weighted by atomic mass is 19.1. The number of halogens is 1. The molecule has 7 heteroatoms. The summed E-state index contributed by atoms with van der Waals surface area (Å²) < 4.78 is 24.6. The van der Waals surface area contributed by atoms with Crippen LogP contribution in [0.25, 0.3) is 5.76 Å². The topological polar surface area (TPSA) is 80.0 Å². The molecule has 0 bridgehead atoms. The zero-order valence-corrected chi connectivity index (χ0v) is 18.3. The number of aliphatic hydroxyl groups is 1. The highest BCUT2D eigenvalue weighted by Gasteiger charge is 2.47. The number of ketones is 1. The van der Waals surface area contributed by atoms with Gasteiger partial charge >= 0.3 is 0 Å². The van der Waals surface area contributed by atoms with E-state index in [1.165, 1.54) is 23.3 Å². The molecule has 1 fully saturated rings. The average molecular weight is 449 g/mol. The van der Waals surface area contributed by atoms with Crippen LogP contribution in [0.2, 0.25) is 0 Å². The van der Waals surface area contributed by atoms with Crippen LogP contribution in [0.1, 0.15) is 36.8 Å². The molecular weight excluding hydrogens is 425 g/mol. The molecule has 1 unspecified atom stereocenters. The normalized spacial score (nSPS) is 17.7. The summed E-state index contributed by atoms with van der Waals surface area (Å²) in [5.74, 6) is -1.10. The molecule has 1 aliphatic heterocycles. The van der Waals surface area contributed by atoms with Crippen LogP contribution in [-0.4, -0.2) is 28.3 Å². The second kappa shape index (κ2) is 9.32. The summed E-state index contributed by atoms with van der Waals surface area (Å²) in [4.78, 5) is 27.3.